The average Bonchev–Trinajstić information content (AvgIpc) is 3.60. The first kappa shape index (κ1) is 22.1. The number of halogens is 2. The van der Waals surface area contributed by atoms with Crippen molar-refractivity contribution in [2.75, 3.05) is 12.4 Å². The lowest BCUT2D eigenvalue weighted by Gasteiger charge is -2.10. The highest BCUT2D eigenvalue weighted by molar-refractivity contribution is 6.03. The number of benzene rings is 1. The van der Waals surface area contributed by atoms with E-state index in [1.807, 2.05) is 0 Å². The average molecular weight is 455 g/mol. The Morgan fingerprint density at radius 3 is 2.61 bits per heavy atom. The Kier molecular flexibility index (Phi) is 6.11. The lowest BCUT2D eigenvalue weighted by atomic mass is 10.1. The van der Waals surface area contributed by atoms with Gasteiger partial charge in [0.25, 0.3) is 17.4 Å². The van der Waals surface area contributed by atoms with Crippen molar-refractivity contribution in [1.82, 2.24) is 20.1 Å². The van der Waals surface area contributed by atoms with Gasteiger partial charge in [-0.3, -0.25) is 14.4 Å². The summed E-state index contributed by atoms with van der Waals surface area (Å²) in [6, 6.07) is 7.20. The molecule has 1 saturated carbocycles. The number of pyridine rings is 1. The van der Waals surface area contributed by atoms with Gasteiger partial charge in [0.15, 0.2) is 5.82 Å². The maximum atomic E-state index is 14.1. The molecule has 0 radical (unpaired) electrons. The van der Waals surface area contributed by atoms with E-state index >= 15 is 0 Å². The van der Waals surface area contributed by atoms with Crippen molar-refractivity contribution in [1.29, 1.82) is 0 Å². The van der Waals surface area contributed by atoms with Crippen molar-refractivity contribution >= 4 is 17.5 Å². The first-order valence-electron chi connectivity index (χ1n) is 10.0. The molecule has 170 valence electrons. The number of methoxy groups -OCH3 is 1. The van der Waals surface area contributed by atoms with Gasteiger partial charge in [0, 0.05) is 24.0 Å². The number of carbonyl (C=O) groups excluding carboxylic acids is 2. The molecule has 9 nitrogen and oxygen atoms in total. The van der Waals surface area contributed by atoms with E-state index in [1.54, 1.807) is 0 Å². The zero-order valence-electron chi connectivity index (χ0n) is 17.5. The highest BCUT2D eigenvalue weighted by Gasteiger charge is 2.25. The molecule has 2 amide bonds. The molecule has 2 heterocycles. The monoisotopic (exact) mass is 455 g/mol. The summed E-state index contributed by atoms with van der Waals surface area (Å²) < 4.78 is 33.7. The van der Waals surface area contributed by atoms with E-state index in [0.717, 1.165) is 35.7 Å². The summed E-state index contributed by atoms with van der Waals surface area (Å²) in [7, 11) is 1.28. The minimum absolute atomic E-state index is 0.0507. The molecule has 1 aliphatic carbocycles. The molecule has 3 aromatic rings. The molecule has 0 aliphatic heterocycles. The van der Waals surface area contributed by atoms with Crippen molar-refractivity contribution in [2.24, 2.45) is 0 Å². The molecule has 4 rings (SSSR count). The Morgan fingerprint density at radius 1 is 1.12 bits per heavy atom. The van der Waals surface area contributed by atoms with Crippen LogP contribution < -0.4 is 20.9 Å². The summed E-state index contributed by atoms with van der Waals surface area (Å²) in [6.45, 7) is -0.129. The first-order chi connectivity index (χ1) is 15.8. The van der Waals surface area contributed by atoms with Gasteiger partial charge in [-0.05, 0) is 48.7 Å². The third-order valence-electron chi connectivity index (χ3n) is 4.87. The Labute approximate surface area is 186 Å². The molecule has 11 heteroatoms. The molecular weight excluding hydrogens is 436 g/mol. The van der Waals surface area contributed by atoms with Crippen LogP contribution in [-0.2, 0) is 6.54 Å². The maximum Gasteiger partial charge on any atom is 0.276 e. The molecule has 2 N–H and O–H groups in total. The maximum absolute atomic E-state index is 14.1. The van der Waals surface area contributed by atoms with Gasteiger partial charge in [0.1, 0.15) is 11.5 Å². The second-order valence-corrected chi connectivity index (χ2v) is 7.45. The molecule has 0 atom stereocenters. The quantitative estimate of drug-likeness (QED) is 0.564. The van der Waals surface area contributed by atoms with E-state index in [-0.39, 0.29) is 35.4 Å². The van der Waals surface area contributed by atoms with Crippen LogP contribution in [0.25, 0.3) is 0 Å². The van der Waals surface area contributed by atoms with Crippen LogP contribution >= 0.6 is 0 Å². The van der Waals surface area contributed by atoms with Gasteiger partial charge in [0.05, 0.1) is 19.2 Å². The topological polar surface area (TPSA) is 115 Å². The van der Waals surface area contributed by atoms with Crippen molar-refractivity contribution in [3.63, 3.8) is 0 Å². The third-order valence-corrected chi connectivity index (χ3v) is 4.87. The van der Waals surface area contributed by atoms with Gasteiger partial charge >= 0.3 is 0 Å². The summed E-state index contributed by atoms with van der Waals surface area (Å²) >= 11 is 0. The predicted molar refractivity (Wildman–Crippen MR) is 113 cm³/mol. The Bertz CT molecular complexity index is 1290. The molecule has 1 fully saturated rings. The highest BCUT2D eigenvalue weighted by atomic mass is 19.1. The van der Waals surface area contributed by atoms with E-state index in [1.165, 1.54) is 31.5 Å². The molecule has 2 aromatic heterocycles. The van der Waals surface area contributed by atoms with Crippen LogP contribution in [0.2, 0.25) is 0 Å². The number of amides is 2. The van der Waals surface area contributed by atoms with Crippen LogP contribution in [0, 0.1) is 11.6 Å². The van der Waals surface area contributed by atoms with E-state index in [0.29, 0.717) is 5.56 Å². The number of aromatic nitrogens is 3. The zero-order chi connectivity index (χ0) is 23.5. The number of ether oxygens (including phenoxy) is 1. The van der Waals surface area contributed by atoms with Gasteiger partial charge in [-0.1, -0.05) is 0 Å². The van der Waals surface area contributed by atoms with Crippen LogP contribution in [0.15, 0.2) is 47.4 Å². The van der Waals surface area contributed by atoms with Crippen LogP contribution in [0.4, 0.5) is 14.5 Å². The van der Waals surface area contributed by atoms with Crippen molar-refractivity contribution < 1.29 is 23.1 Å². The van der Waals surface area contributed by atoms with E-state index in [4.69, 9.17) is 4.74 Å². The Balaban J connectivity index is 1.51. The molecule has 0 spiro atoms. The van der Waals surface area contributed by atoms with Crippen LogP contribution in [0.1, 0.15) is 39.3 Å². The molecule has 1 aromatic carbocycles. The lowest BCUT2D eigenvalue weighted by molar-refractivity contribution is 0.0945. The van der Waals surface area contributed by atoms with Gasteiger partial charge in [-0.15, -0.1) is 0 Å². The molecule has 0 unspecified atom stereocenters. The van der Waals surface area contributed by atoms with Crippen LogP contribution in [0.5, 0.6) is 5.88 Å². The fourth-order valence-electron chi connectivity index (χ4n) is 3.02. The van der Waals surface area contributed by atoms with Gasteiger partial charge in [-0.25, -0.2) is 18.4 Å². The summed E-state index contributed by atoms with van der Waals surface area (Å²) in [4.78, 5) is 40.8. The van der Waals surface area contributed by atoms with Crippen molar-refractivity contribution in [3.05, 3.63) is 81.4 Å². The van der Waals surface area contributed by atoms with E-state index in [9.17, 15) is 23.2 Å². The van der Waals surface area contributed by atoms with Crippen molar-refractivity contribution in [2.45, 2.75) is 25.4 Å². The van der Waals surface area contributed by atoms with Crippen LogP contribution in [0.3, 0.4) is 0 Å². The molecular formula is C22H19F2N5O4. The zero-order valence-corrected chi connectivity index (χ0v) is 17.5. The minimum atomic E-state index is -0.710. The molecule has 0 bridgehead atoms. The largest absolute Gasteiger partial charge is 0.479 e. The summed E-state index contributed by atoms with van der Waals surface area (Å²) in [5.41, 5.74) is -0.284. The van der Waals surface area contributed by atoms with Crippen LogP contribution in [-0.4, -0.2) is 39.7 Å². The first-order valence-corrected chi connectivity index (χ1v) is 10.0. The number of rotatable bonds is 7. The fourth-order valence-corrected chi connectivity index (χ4v) is 3.02. The Morgan fingerprint density at radius 2 is 1.91 bits per heavy atom. The number of hydrogen-bond donors (Lipinski definition) is 2. The second-order valence-electron chi connectivity index (χ2n) is 7.45. The fraction of sp³-hybridized carbons (Fsp3) is 0.227. The number of hydrogen-bond acceptors (Lipinski definition) is 6. The highest BCUT2D eigenvalue weighted by Crippen LogP contribution is 2.21. The number of nitrogens with zero attached hydrogens (tertiary/aromatic N) is 3. The predicted octanol–water partition coefficient (Wildman–Crippen LogP) is 2.12. The molecule has 1 aliphatic rings. The molecule has 33 heavy (non-hydrogen) atoms. The second kappa shape index (κ2) is 9.15. The SMILES string of the molecule is COc1ncc(Cn2nc(C(=O)Nc3ccc(F)c(C(=O)NC4CC4)c3)ccc2=O)cc1F. The van der Waals surface area contributed by atoms with E-state index < -0.39 is 29.0 Å². The smallest absolute Gasteiger partial charge is 0.276 e. The summed E-state index contributed by atoms with van der Waals surface area (Å²) in [5.74, 6) is -2.83. The van der Waals surface area contributed by atoms with Gasteiger partial charge in [-0.2, -0.15) is 5.10 Å². The Hall–Kier alpha value is -4.15. The number of anilines is 1. The summed E-state index contributed by atoms with van der Waals surface area (Å²) in [6.07, 6.45) is 3.03. The van der Waals surface area contributed by atoms with Gasteiger partial charge in [0.2, 0.25) is 5.88 Å². The van der Waals surface area contributed by atoms with E-state index in [2.05, 4.69) is 20.7 Å². The standard InChI is InChI=1S/C22H19F2N5O4/c1-33-22-17(24)8-12(10-25-22)11-29-19(30)7-6-18(28-29)21(32)27-14-4-5-16(23)15(9-14)20(31)26-13-2-3-13/h4-10,13H,2-3,11H2,1H3,(H,26,31)(H,27,32). The molecule has 0 saturated heterocycles. The normalized spacial score (nSPS) is 12.8. The minimum Gasteiger partial charge on any atom is -0.479 e. The third kappa shape index (κ3) is 5.20. The number of carbonyl (C=O) groups is 2. The lowest BCUT2D eigenvalue weighted by Crippen LogP contribution is -2.27. The van der Waals surface area contributed by atoms with Crippen molar-refractivity contribution in [3.8, 4) is 5.88 Å². The summed E-state index contributed by atoms with van der Waals surface area (Å²) in [5, 5.41) is 9.24. The van der Waals surface area contributed by atoms with Gasteiger partial charge < -0.3 is 15.4 Å². The number of nitrogens with one attached hydrogen (secondary N) is 2.